The van der Waals surface area contributed by atoms with Crippen LogP contribution in [-0.4, -0.2) is 18.8 Å². The maximum atomic E-state index is 5.75. The van der Waals surface area contributed by atoms with Crippen LogP contribution in [0.2, 0.25) is 0 Å². The van der Waals surface area contributed by atoms with Crippen molar-refractivity contribution >= 4 is 0 Å². The van der Waals surface area contributed by atoms with Crippen LogP contribution in [0.25, 0.3) is 0 Å². The number of benzene rings is 1. The van der Waals surface area contributed by atoms with Gasteiger partial charge in [0.05, 0.1) is 17.7 Å². The van der Waals surface area contributed by atoms with Gasteiger partial charge in [-0.1, -0.05) is 19.1 Å². The molecule has 0 spiro atoms. The number of methoxy groups -OCH3 is 1. The first kappa shape index (κ1) is 14.3. The summed E-state index contributed by atoms with van der Waals surface area (Å²) < 4.78 is 11.4. The van der Waals surface area contributed by atoms with Gasteiger partial charge in [-0.15, -0.1) is 0 Å². The minimum absolute atomic E-state index is 0.0440. The van der Waals surface area contributed by atoms with E-state index in [4.69, 9.17) is 15.3 Å². The first-order chi connectivity index (χ1) is 9.12. The van der Waals surface area contributed by atoms with Crippen LogP contribution in [0.3, 0.4) is 0 Å². The lowest BCUT2D eigenvalue weighted by atomic mass is 9.88. The van der Waals surface area contributed by atoms with E-state index in [1.54, 1.807) is 7.11 Å². The van der Waals surface area contributed by atoms with Crippen molar-refractivity contribution in [3.8, 4) is 5.75 Å². The summed E-state index contributed by atoms with van der Waals surface area (Å²) in [5, 5.41) is 0. The van der Waals surface area contributed by atoms with E-state index in [2.05, 4.69) is 31.4 Å². The Hall–Kier alpha value is -1.10. The van der Waals surface area contributed by atoms with Crippen LogP contribution in [0, 0.1) is 0 Å². The van der Waals surface area contributed by atoms with Gasteiger partial charge in [-0.2, -0.15) is 0 Å². The number of rotatable bonds is 7. The van der Waals surface area contributed by atoms with Crippen molar-refractivity contribution in [3.63, 3.8) is 0 Å². The van der Waals surface area contributed by atoms with E-state index in [-0.39, 0.29) is 11.6 Å². The highest BCUT2D eigenvalue weighted by molar-refractivity contribution is 5.31. The minimum Gasteiger partial charge on any atom is -0.490 e. The van der Waals surface area contributed by atoms with Gasteiger partial charge in [-0.05, 0) is 43.9 Å². The van der Waals surface area contributed by atoms with E-state index in [9.17, 15) is 0 Å². The van der Waals surface area contributed by atoms with E-state index in [1.165, 1.54) is 12.8 Å². The van der Waals surface area contributed by atoms with Gasteiger partial charge in [0, 0.05) is 7.11 Å². The fourth-order valence-electron chi connectivity index (χ4n) is 2.21. The Kier molecular flexibility index (Phi) is 4.45. The predicted octanol–water partition coefficient (Wildman–Crippen LogP) is 2.55. The van der Waals surface area contributed by atoms with Crippen molar-refractivity contribution < 1.29 is 9.47 Å². The molecule has 3 N–H and O–H groups in total. The Morgan fingerprint density at radius 1 is 1.37 bits per heavy atom. The number of hydrogen-bond donors (Lipinski definition) is 2. The Morgan fingerprint density at radius 2 is 2.00 bits per heavy atom. The lowest BCUT2D eigenvalue weighted by molar-refractivity contribution is -0.0300. The van der Waals surface area contributed by atoms with Gasteiger partial charge in [0.2, 0.25) is 0 Å². The monoisotopic (exact) mass is 264 g/mol. The zero-order valence-electron chi connectivity index (χ0n) is 12.0. The highest BCUT2D eigenvalue weighted by Gasteiger charge is 2.33. The smallest absolute Gasteiger partial charge is 0.119 e. The maximum absolute atomic E-state index is 5.75. The van der Waals surface area contributed by atoms with Gasteiger partial charge < -0.3 is 9.47 Å². The third-order valence-electron chi connectivity index (χ3n) is 3.99. The summed E-state index contributed by atoms with van der Waals surface area (Å²) in [7, 11) is 1.72. The molecule has 106 valence electrons. The second-order valence-corrected chi connectivity index (χ2v) is 5.36. The first-order valence-corrected chi connectivity index (χ1v) is 6.91. The van der Waals surface area contributed by atoms with Crippen molar-refractivity contribution in [2.45, 2.75) is 50.9 Å². The summed E-state index contributed by atoms with van der Waals surface area (Å²) in [4.78, 5) is 0. The summed E-state index contributed by atoms with van der Waals surface area (Å²) >= 11 is 0. The van der Waals surface area contributed by atoms with Crippen molar-refractivity contribution in [3.05, 3.63) is 29.8 Å². The Balaban J connectivity index is 2.13. The zero-order valence-corrected chi connectivity index (χ0v) is 12.0. The number of nitrogens with one attached hydrogen (secondary N) is 1. The molecule has 1 aliphatic rings. The average molecular weight is 264 g/mol. The number of hydrazine groups is 1. The third-order valence-corrected chi connectivity index (χ3v) is 3.99. The van der Waals surface area contributed by atoms with Crippen molar-refractivity contribution in [2.24, 2.45) is 5.84 Å². The molecule has 2 atom stereocenters. The molecule has 0 bridgehead atoms. The highest BCUT2D eigenvalue weighted by Crippen LogP contribution is 2.33. The minimum atomic E-state index is -0.326. The zero-order chi connectivity index (χ0) is 13.9. The molecule has 0 radical (unpaired) electrons. The van der Waals surface area contributed by atoms with Crippen molar-refractivity contribution in [1.29, 1.82) is 0 Å². The summed E-state index contributed by atoms with van der Waals surface area (Å²) in [6, 6.07) is 8.06. The van der Waals surface area contributed by atoms with Crippen LogP contribution >= 0.6 is 0 Å². The van der Waals surface area contributed by atoms with Gasteiger partial charge in [0.1, 0.15) is 5.75 Å². The molecular formula is C15H24N2O2. The molecule has 2 unspecified atom stereocenters. The molecule has 1 aromatic rings. The molecule has 4 nitrogen and oxygen atoms in total. The normalized spacial score (nSPS) is 19.8. The first-order valence-electron chi connectivity index (χ1n) is 6.91. The molecule has 2 rings (SSSR count). The van der Waals surface area contributed by atoms with Crippen molar-refractivity contribution in [1.82, 2.24) is 5.43 Å². The standard InChI is InChI=1S/C15H24N2O2/c1-4-15(2,18-3)14(17-16)11-5-7-12(8-6-11)19-13-9-10-13/h5-8,13-14,17H,4,9-10,16H2,1-3H3. The number of hydrogen-bond acceptors (Lipinski definition) is 4. The summed E-state index contributed by atoms with van der Waals surface area (Å²) in [6.07, 6.45) is 3.64. The Labute approximate surface area is 115 Å². The van der Waals surface area contributed by atoms with E-state index < -0.39 is 0 Å². The Morgan fingerprint density at radius 3 is 2.42 bits per heavy atom. The summed E-state index contributed by atoms with van der Waals surface area (Å²) in [5.41, 5.74) is 3.65. The molecule has 19 heavy (non-hydrogen) atoms. The summed E-state index contributed by atoms with van der Waals surface area (Å²) in [5.74, 6) is 6.64. The summed E-state index contributed by atoms with van der Waals surface area (Å²) in [6.45, 7) is 4.16. The van der Waals surface area contributed by atoms with Gasteiger partial charge in [0.15, 0.2) is 0 Å². The molecule has 1 fully saturated rings. The number of nitrogens with two attached hydrogens (primary N) is 1. The highest BCUT2D eigenvalue weighted by atomic mass is 16.5. The molecule has 0 aliphatic heterocycles. The fraction of sp³-hybridized carbons (Fsp3) is 0.600. The third kappa shape index (κ3) is 3.26. The van der Waals surface area contributed by atoms with Crippen LogP contribution in [0.1, 0.15) is 44.7 Å². The van der Waals surface area contributed by atoms with E-state index >= 15 is 0 Å². The molecule has 1 aliphatic carbocycles. The molecule has 0 saturated heterocycles. The molecule has 0 amide bonds. The quantitative estimate of drug-likeness (QED) is 0.587. The predicted molar refractivity (Wildman–Crippen MR) is 75.9 cm³/mol. The maximum Gasteiger partial charge on any atom is 0.119 e. The average Bonchev–Trinajstić information content (AvgIpc) is 3.25. The molecule has 0 heterocycles. The lowest BCUT2D eigenvalue weighted by Crippen LogP contribution is -2.45. The van der Waals surface area contributed by atoms with E-state index in [0.717, 1.165) is 17.7 Å². The molecule has 1 aromatic carbocycles. The SMILES string of the molecule is CCC(C)(OC)C(NN)c1ccc(OC2CC2)cc1. The Bertz CT molecular complexity index is 397. The molecular weight excluding hydrogens is 240 g/mol. The van der Waals surface area contributed by atoms with E-state index in [0.29, 0.717) is 6.10 Å². The number of ether oxygens (including phenoxy) is 2. The topological polar surface area (TPSA) is 56.5 Å². The van der Waals surface area contributed by atoms with Crippen molar-refractivity contribution in [2.75, 3.05) is 7.11 Å². The molecule has 4 heteroatoms. The van der Waals surface area contributed by atoms with Crippen LogP contribution in [0.4, 0.5) is 0 Å². The van der Waals surface area contributed by atoms with Crippen LogP contribution in [0.5, 0.6) is 5.75 Å². The van der Waals surface area contributed by atoms with Gasteiger partial charge in [-0.3, -0.25) is 11.3 Å². The lowest BCUT2D eigenvalue weighted by Gasteiger charge is -2.35. The second-order valence-electron chi connectivity index (χ2n) is 5.36. The van der Waals surface area contributed by atoms with Crippen LogP contribution < -0.4 is 16.0 Å². The molecule has 1 saturated carbocycles. The fourth-order valence-corrected chi connectivity index (χ4v) is 2.21. The second kappa shape index (κ2) is 5.90. The largest absolute Gasteiger partial charge is 0.490 e. The molecule has 0 aromatic heterocycles. The van der Waals surface area contributed by atoms with Gasteiger partial charge >= 0.3 is 0 Å². The van der Waals surface area contributed by atoms with Gasteiger partial charge in [0.25, 0.3) is 0 Å². The van der Waals surface area contributed by atoms with E-state index in [1.807, 2.05) is 12.1 Å². The van der Waals surface area contributed by atoms with Gasteiger partial charge in [-0.25, -0.2) is 0 Å². The van der Waals surface area contributed by atoms with Crippen LogP contribution in [0.15, 0.2) is 24.3 Å². The van der Waals surface area contributed by atoms with Crippen LogP contribution in [-0.2, 0) is 4.74 Å².